The molecular formula is C17H15N3O3. The molecule has 6 heteroatoms. The average molecular weight is 309 g/mol. The van der Waals surface area contributed by atoms with E-state index in [0.29, 0.717) is 11.4 Å². The van der Waals surface area contributed by atoms with Gasteiger partial charge < -0.3 is 9.47 Å². The monoisotopic (exact) mass is 309 g/mol. The molecule has 1 aromatic carbocycles. The maximum Gasteiger partial charge on any atom is 0.289 e. The topological polar surface area (TPSA) is 72.8 Å². The van der Waals surface area contributed by atoms with Crippen LogP contribution in [0.1, 0.15) is 23.0 Å². The molecule has 1 N–H and O–H groups in total. The molecule has 0 spiro atoms. The van der Waals surface area contributed by atoms with Gasteiger partial charge in [-0.25, -0.2) is 5.43 Å². The third-order valence-corrected chi connectivity index (χ3v) is 3.14. The summed E-state index contributed by atoms with van der Waals surface area (Å²) in [6.45, 7) is 2.05. The zero-order valence-electron chi connectivity index (χ0n) is 12.5. The summed E-state index contributed by atoms with van der Waals surface area (Å²) in [4.78, 5) is 15.8. The molecule has 1 aromatic heterocycles. The van der Waals surface area contributed by atoms with E-state index in [1.165, 1.54) is 0 Å². The lowest BCUT2D eigenvalue weighted by Gasteiger charge is -2.00. The Labute approximate surface area is 133 Å². The van der Waals surface area contributed by atoms with Crippen LogP contribution in [-0.4, -0.2) is 23.4 Å². The highest BCUT2D eigenvalue weighted by atomic mass is 16.7. The molecular weight excluding hydrogens is 294 g/mol. The lowest BCUT2D eigenvalue weighted by atomic mass is 10.2. The van der Waals surface area contributed by atoms with Gasteiger partial charge in [-0.3, -0.25) is 9.78 Å². The van der Waals surface area contributed by atoms with E-state index >= 15 is 0 Å². The molecule has 0 aliphatic carbocycles. The number of rotatable bonds is 4. The molecule has 3 rings (SSSR count). The molecule has 2 heterocycles. The zero-order chi connectivity index (χ0) is 16.1. The van der Waals surface area contributed by atoms with E-state index in [1.54, 1.807) is 37.4 Å². The van der Waals surface area contributed by atoms with Crippen molar-refractivity contribution < 1.29 is 14.3 Å². The highest BCUT2D eigenvalue weighted by Crippen LogP contribution is 2.32. The van der Waals surface area contributed by atoms with Gasteiger partial charge in [0.25, 0.3) is 5.91 Å². The van der Waals surface area contributed by atoms with Crippen LogP contribution in [0.5, 0.6) is 11.5 Å². The van der Waals surface area contributed by atoms with Gasteiger partial charge in [-0.15, -0.1) is 0 Å². The molecule has 1 aliphatic heterocycles. The summed E-state index contributed by atoms with van der Waals surface area (Å²) in [5.74, 6) is 1.13. The van der Waals surface area contributed by atoms with Gasteiger partial charge in [0.1, 0.15) is 5.69 Å². The summed E-state index contributed by atoms with van der Waals surface area (Å²) in [5.41, 5.74) is 4.41. The Bertz CT molecular complexity index is 770. The first-order valence-corrected chi connectivity index (χ1v) is 7.06. The van der Waals surface area contributed by atoms with Crippen LogP contribution in [0.15, 0.2) is 53.8 Å². The SMILES string of the molecule is CC(C=Cc1ccc2c(c1)OCO2)=NNC(=O)c1ccccn1. The standard InChI is InChI=1S/C17H15N3O3/c1-12(19-20-17(21)14-4-2-3-9-18-14)5-6-13-7-8-15-16(10-13)23-11-22-15/h2-10H,11H2,1H3,(H,20,21). The third-order valence-electron chi connectivity index (χ3n) is 3.14. The number of amides is 1. The fourth-order valence-corrected chi connectivity index (χ4v) is 1.96. The second-order valence-corrected chi connectivity index (χ2v) is 4.86. The molecule has 0 atom stereocenters. The van der Waals surface area contributed by atoms with Gasteiger partial charge >= 0.3 is 0 Å². The van der Waals surface area contributed by atoms with Crippen molar-refractivity contribution in [2.45, 2.75) is 6.92 Å². The Morgan fingerprint density at radius 1 is 1.26 bits per heavy atom. The molecule has 0 saturated carbocycles. The van der Waals surface area contributed by atoms with Crippen LogP contribution >= 0.6 is 0 Å². The lowest BCUT2D eigenvalue weighted by Crippen LogP contribution is -2.19. The van der Waals surface area contributed by atoms with Crippen molar-refractivity contribution in [3.63, 3.8) is 0 Å². The molecule has 23 heavy (non-hydrogen) atoms. The van der Waals surface area contributed by atoms with Crippen LogP contribution in [0.2, 0.25) is 0 Å². The van der Waals surface area contributed by atoms with E-state index in [1.807, 2.05) is 24.3 Å². The molecule has 0 fully saturated rings. The minimum atomic E-state index is -0.346. The van der Waals surface area contributed by atoms with Gasteiger partial charge in [-0.1, -0.05) is 18.2 Å². The number of hydrazone groups is 1. The minimum absolute atomic E-state index is 0.253. The van der Waals surface area contributed by atoms with Crippen LogP contribution in [0, 0.1) is 0 Å². The van der Waals surface area contributed by atoms with Crippen molar-refractivity contribution in [3.05, 3.63) is 59.9 Å². The zero-order valence-corrected chi connectivity index (χ0v) is 12.5. The van der Waals surface area contributed by atoms with Gasteiger partial charge in [0, 0.05) is 6.20 Å². The number of nitrogens with one attached hydrogen (secondary N) is 1. The number of benzene rings is 1. The number of hydrogen-bond donors (Lipinski definition) is 1. The summed E-state index contributed by atoms with van der Waals surface area (Å²) in [5, 5.41) is 4.02. The summed E-state index contributed by atoms with van der Waals surface area (Å²) < 4.78 is 10.6. The van der Waals surface area contributed by atoms with Crippen LogP contribution in [0.25, 0.3) is 6.08 Å². The highest BCUT2D eigenvalue weighted by molar-refractivity contribution is 5.98. The Hall–Kier alpha value is -3.15. The largest absolute Gasteiger partial charge is 0.454 e. The lowest BCUT2D eigenvalue weighted by molar-refractivity contribution is 0.0950. The van der Waals surface area contributed by atoms with Crippen LogP contribution in [-0.2, 0) is 0 Å². The second kappa shape index (κ2) is 6.74. The average Bonchev–Trinajstić information content (AvgIpc) is 3.06. The number of allylic oxidation sites excluding steroid dienone is 1. The Balaban J connectivity index is 1.62. The molecule has 0 radical (unpaired) electrons. The van der Waals surface area contributed by atoms with Crippen molar-refractivity contribution in [2.75, 3.05) is 6.79 Å². The molecule has 1 amide bonds. The smallest absolute Gasteiger partial charge is 0.289 e. The van der Waals surface area contributed by atoms with Crippen molar-refractivity contribution in [3.8, 4) is 11.5 Å². The number of carbonyl (C=O) groups excluding carboxylic acids is 1. The number of fused-ring (bicyclic) bond motifs is 1. The van der Waals surface area contributed by atoms with E-state index in [9.17, 15) is 4.79 Å². The Morgan fingerprint density at radius 2 is 2.13 bits per heavy atom. The van der Waals surface area contributed by atoms with Crippen molar-refractivity contribution in [1.82, 2.24) is 10.4 Å². The number of carbonyl (C=O) groups is 1. The van der Waals surface area contributed by atoms with Gasteiger partial charge in [-0.05, 0) is 42.8 Å². The normalized spacial score (nSPS) is 13.3. The summed E-state index contributed by atoms with van der Waals surface area (Å²) >= 11 is 0. The van der Waals surface area contributed by atoms with E-state index in [2.05, 4.69) is 15.5 Å². The van der Waals surface area contributed by atoms with Crippen molar-refractivity contribution >= 4 is 17.7 Å². The number of pyridine rings is 1. The molecule has 1 aliphatic rings. The molecule has 0 unspecified atom stereocenters. The van der Waals surface area contributed by atoms with Crippen LogP contribution < -0.4 is 14.9 Å². The quantitative estimate of drug-likeness (QED) is 0.696. The first kappa shape index (κ1) is 14.8. The molecule has 2 aromatic rings. The van der Waals surface area contributed by atoms with Gasteiger partial charge in [-0.2, -0.15) is 5.10 Å². The first-order valence-electron chi connectivity index (χ1n) is 7.06. The summed E-state index contributed by atoms with van der Waals surface area (Å²) in [6.07, 6.45) is 5.25. The maximum atomic E-state index is 11.8. The van der Waals surface area contributed by atoms with Gasteiger partial charge in [0.2, 0.25) is 6.79 Å². The molecule has 0 bridgehead atoms. The predicted octanol–water partition coefficient (Wildman–Crippen LogP) is 2.63. The Kier molecular flexibility index (Phi) is 4.33. The third kappa shape index (κ3) is 3.74. The number of nitrogens with zero attached hydrogens (tertiary/aromatic N) is 2. The number of hydrogen-bond acceptors (Lipinski definition) is 5. The summed E-state index contributed by atoms with van der Waals surface area (Å²) in [7, 11) is 0. The van der Waals surface area contributed by atoms with E-state index < -0.39 is 0 Å². The van der Waals surface area contributed by atoms with Gasteiger partial charge in [0.15, 0.2) is 11.5 Å². The molecule has 0 saturated heterocycles. The van der Waals surface area contributed by atoms with Crippen molar-refractivity contribution in [1.29, 1.82) is 0 Å². The van der Waals surface area contributed by atoms with E-state index in [4.69, 9.17) is 9.47 Å². The summed E-state index contributed by atoms with van der Waals surface area (Å²) in [6, 6.07) is 10.8. The number of ether oxygens (including phenoxy) is 2. The second-order valence-electron chi connectivity index (χ2n) is 4.86. The number of aromatic nitrogens is 1. The first-order chi connectivity index (χ1) is 11.2. The maximum absolute atomic E-state index is 11.8. The molecule has 116 valence electrons. The van der Waals surface area contributed by atoms with E-state index in [-0.39, 0.29) is 12.7 Å². The van der Waals surface area contributed by atoms with Crippen LogP contribution in [0.4, 0.5) is 0 Å². The Morgan fingerprint density at radius 3 is 2.96 bits per heavy atom. The van der Waals surface area contributed by atoms with Crippen molar-refractivity contribution in [2.24, 2.45) is 5.10 Å². The molecule has 6 nitrogen and oxygen atoms in total. The minimum Gasteiger partial charge on any atom is -0.454 e. The fourth-order valence-electron chi connectivity index (χ4n) is 1.96. The predicted molar refractivity (Wildman–Crippen MR) is 86.4 cm³/mol. The fraction of sp³-hybridized carbons (Fsp3) is 0.118. The van der Waals surface area contributed by atoms with Crippen LogP contribution in [0.3, 0.4) is 0 Å². The van der Waals surface area contributed by atoms with Gasteiger partial charge in [0.05, 0.1) is 5.71 Å². The highest BCUT2D eigenvalue weighted by Gasteiger charge is 2.12. The van der Waals surface area contributed by atoms with E-state index in [0.717, 1.165) is 17.1 Å².